The Hall–Kier alpha value is -0.480. The predicted molar refractivity (Wildman–Crippen MR) is 60.0 cm³/mol. The van der Waals surface area contributed by atoms with Crippen LogP contribution in [0, 0.1) is 0 Å². The lowest BCUT2D eigenvalue weighted by Crippen LogP contribution is -2.51. The number of ether oxygens (including phenoxy) is 1. The fraction of sp³-hybridized carbons (Fsp3) is 0.900. The SMILES string of the molecule is CC(C)(C)OC(=O)N1CC[C@@H](N)[C@@H](Cl)C1. The fourth-order valence-electron chi connectivity index (χ4n) is 1.42. The van der Waals surface area contributed by atoms with E-state index in [9.17, 15) is 4.79 Å². The summed E-state index contributed by atoms with van der Waals surface area (Å²) in [7, 11) is 0. The molecule has 5 heteroatoms. The van der Waals surface area contributed by atoms with Crippen molar-refractivity contribution in [1.29, 1.82) is 0 Å². The minimum atomic E-state index is -0.460. The lowest BCUT2D eigenvalue weighted by Gasteiger charge is -2.34. The monoisotopic (exact) mass is 234 g/mol. The summed E-state index contributed by atoms with van der Waals surface area (Å²) >= 11 is 6.00. The van der Waals surface area contributed by atoms with E-state index >= 15 is 0 Å². The van der Waals surface area contributed by atoms with Gasteiger partial charge in [0, 0.05) is 19.1 Å². The van der Waals surface area contributed by atoms with Crippen molar-refractivity contribution in [2.75, 3.05) is 13.1 Å². The lowest BCUT2D eigenvalue weighted by atomic mass is 10.1. The maximum atomic E-state index is 11.7. The molecule has 1 aliphatic rings. The molecule has 1 heterocycles. The summed E-state index contributed by atoms with van der Waals surface area (Å²) in [6, 6.07) is -0.0228. The largest absolute Gasteiger partial charge is 0.444 e. The van der Waals surface area contributed by atoms with E-state index in [2.05, 4.69) is 0 Å². The average molecular weight is 235 g/mol. The predicted octanol–water partition coefficient (Wildman–Crippen LogP) is 1.56. The van der Waals surface area contributed by atoms with Gasteiger partial charge < -0.3 is 15.4 Å². The normalized spacial score (nSPS) is 27.7. The Balaban J connectivity index is 2.48. The second-order valence-electron chi connectivity index (χ2n) is 4.89. The maximum Gasteiger partial charge on any atom is 0.410 e. The molecule has 0 bridgehead atoms. The van der Waals surface area contributed by atoms with Crippen LogP contribution in [0.5, 0.6) is 0 Å². The van der Waals surface area contributed by atoms with Gasteiger partial charge in [0.25, 0.3) is 0 Å². The number of carbonyl (C=O) groups is 1. The van der Waals surface area contributed by atoms with Crippen molar-refractivity contribution >= 4 is 17.7 Å². The van der Waals surface area contributed by atoms with Crippen molar-refractivity contribution in [3.63, 3.8) is 0 Å². The Bertz CT molecular complexity index is 240. The van der Waals surface area contributed by atoms with Gasteiger partial charge in [0.15, 0.2) is 0 Å². The van der Waals surface area contributed by atoms with E-state index in [4.69, 9.17) is 22.1 Å². The number of amides is 1. The summed E-state index contributed by atoms with van der Waals surface area (Å²) in [5.41, 5.74) is 5.30. The molecule has 1 rings (SSSR count). The minimum Gasteiger partial charge on any atom is -0.444 e. The second kappa shape index (κ2) is 4.58. The molecule has 1 saturated heterocycles. The zero-order chi connectivity index (χ0) is 11.6. The number of alkyl halides is 1. The van der Waals surface area contributed by atoms with E-state index < -0.39 is 5.60 Å². The van der Waals surface area contributed by atoms with Crippen LogP contribution in [0.4, 0.5) is 4.79 Å². The van der Waals surface area contributed by atoms with Crippen molar-refractivity contribution in [2.24, 2.45) is 5.73 Å². The first-order valence-electron chi connectivity index (χ1n) is 5.17. The first-order valence-corrected chi connectivity index (χ1v) is 5.61. The number of piperidine rings is 1. The van der Waals surface area contributed by atoms with E-state index in [0.29, 0.717) is 13.1 Å². The van der Waals surface area contributed by atoms with E-state index in [1.54, 1.807) is 4.90 Å². The molecule has 0 aliphatic carbocycles. The van der Waals surface area contributed by atoms with Gasteiger partial charge in [0.05, 0.1) is 5.38 Å². The van der Waals surface area contributed by atoms with Crippen LogP contribution in [-0.2, 0) is 4.74 Å². The molecule has 88 valence electrons. The molecule has 0 aromatic rings. The van der Waals surface area contributed by atoms with Gasteiger partial charge in [-0.25, -0.2) is 4.79 Å². The third-order valence-electron chi connectivity index (χ3n) is 2.24. The van der Waals surface area contributed by atoms with E-state index in [1.165, 1.54) is 0 Å². The van der Waals surface area contributed by atoms with Crippen LogP contribution >= 0.6 is 11.6 Å². The first-order chi connectivity index (χ1) is 6.79. The lowest BCUT2D eigenvalue weighted by molar-refractivity contribution is 0.0210. The Morgan fingerprint density at radius 1 is 1.53 bits per heavy atom. The summed E-state index contributed by atoms with van der Waals surface area (Å²) in [4.78, 5) is 13.3. The van der Waals surface area contributed by atoms with Crippen LogP contribution in [0.2, 0.25) is 0 Å². The third kappa shape index (κ3) is 3.87. The number of halogens is 1. The summed E-state index contributed by atoms with van der Waals surface area (Å²) in [5, 5.41) is -0.175. The average Bonchev–Trinajstić information content (AvgIpc) is 2.06. The number of hydrogen-bond donors (Lipinski definition) is 1. The van der Waals surface area contributed by atoms with Gasteiger partial charge in [0.2, 0.25) is 0 Å². The number of nitrogens with zero attached hydrogens (tertiary/aromatic N) is 1. The highest BCUT2D eigenvalue weighted by molar-refractivity contribution is 6.21. The zero-order valence-corrected chi connectivity index (χ0v) is 10.3. The highest BCUT2D eigenvalue weighted by atomic mass is 35.5. The van der Waals surface area contributed by atoms with Crippen molar-refractivity contribution in [3.05, 3.63) is 0 Å². The molecule has 0 aromatic heterocycles. The van der Waals surface area contributed by atoms with Crippen LogP contribution < -0.4 is 5.73 Å². The van der Waals surface area contributed by atoms with Gasteiger partial charge in [-0.1, -0.05) is 0 Å². The van der Waals surface area contributed by atoms with Crippen molar-refractivity contribution < 1.29 is 9.53 Å². The topological polar surface area (TPSA) is 55.6 Å². The zero-order valence-electron chi connectivity index (χ0n) is 9.50. The molecule has 15 heavy (non-hydrogen) atoms. The van der Waals surface area contributed by atoms with E-state index in [0.717, 1.165) is 6.42 Å². The van der Waals surface area contributed by atoms with Gasteiger partial charge >= 0.3 is 6.09 Å². The molecule has 0 unspecified atom stereocenters. The van der Waals surface area contributed by atoms with Crippen LogP contribution in [0.1, 0.15) is 27.2 Å². The van der Waals surface area contributed by atoms with Gasteiger partial charge in [0.1, 0.15) is 5.60 Å². The second-order valence-corrected chi connectivity index (χ2v) is 5.46. The maximum absolute atomic E-state index is 11.7. The molecule has 0 aromatic carbocycles. The number of rotatable bonds is 0. The molecule has 2 N–H and O–H groups in total. The smallest absolute Gasteiger partial charge is 0.410 e. The molecule has 4 nitrogen and oxygen atoms in total. The Kier molecular flexibility index (Phi) is 3.84. The molecule has 1 aliphatic heterocycles. The van der Waals surface area contributed by atoms with E-state index in [-0.39, 0.29) is 17.5 Å². The van der Waals surface area contributed by atoms with Gasteiger partial charge in [-0.05, 0) is 27.2 Å². The third-order valence-corrected chi connectivity index (χ3v) is 2.71. The van der Waals surface area contributed by atoms with Crippen molar-refractivity contribution in [2.45, 2.75) is 44.2 Å². The standard InChI is InChI=1S/C10H19ClN2O2/c1-10(2,3)15-9(14)13-5-4-8(12)7(11)6-13/h7-8H,4-6,12H2,1-3H3/t7-,8+/m0/s1. The van der Waals surface area contributed by atoms with Crippen LogP contribution in [0.15, 0.2) is 0 Å². The quantitative estimate of drug-likeness (QED) is 0.648. The Labute approximate surface area is 95.7 Å². The molecule has 2 atom stereocenters. The summed E-state index contributed by atoms with van der Waals surface area (Å²) in [6.07, 6.45) is 0.424. The van der Waals surface area contributed by atoms with E-state index in [1.807, 2.05) is 20.8 Å². The Morgan fingerprint density at radius 2 is 2.13 bits per heavy atom. The molecule has 1 amide bonds. The van der Waals surface area contributed by atoms with Crippen molar-refractivity contribution in [1.82, 2.24) is 4.90 Å². The minimum absolute atomic E-state index is 0.0228. The van der Waals surface area contributed by atoms with Gasteiger partial charge in [-0.15, -0.1) is 11.6 Å². The molecule has 0 radical (unpaired) electrons. The summed E-state index contributed by atoms with van der Waals surface area (Å²) in [5.74, 6) is 0. The highest BCUT2D eigenvalue weighted by Crippen LogP contribution is 2.17. The van der Waals surface area contributed by atoms with Crippen LogP contribution in [0.3, 0.4) is 0 Å². The Morgan fingerprint density at radius 3 is 2.60 bits per heavy atom. The molecular formula is C10H19ClN2O2. The van der Waals surface area contributed by atoms with Crippen LogP contribution in [-0.4, -0.2) is 41.1 Å². The molecule has 1 fully saturated rings. The number of hydrogen-bond acceptors (Lipinski definition) is 3. The number of nitrogens with two attached hydrogens (primary N) is 1. The summed E-state index contributed by atoms with van der Waals surface area (Å²) in [6.45, 7) is 6.63. The van der Waals surface area contributed by atoms with Gasteiger partial charge in [-0.2, -0.15) is 0 Å². The fourth-order valence-corrected chi connectivity index (χ4v) is 1.71. The molecule has 0 saturated carbocycles. The van der Waals surface area contributed by atoms with Gasteiger partial charge in [-0.3, -0.25) is 0 Å². The van der Waals surface area contributed by atoms with Crippen molar-refractivity contribution in [3.8, 4) is 0 Å². The first kappa shape index (κ1) is 12.6. The number of likely N-dealkylation sites (tertiary alicyclic amines) is 1. The summed E-state index contributed by atoms with van der Waals surface area (Å²) < 4.78 is 5.25. The molecule has 0 spiro atoms. The molecular weight excluding hydrogens is 216 g/mol. The highest BCUT2D eigenvalue weighted by Gasteiger charge is 2.30. The number of carbonyl (C=O) groups excluding carboxylic acids is 1. The van der Waals surface area contributed by atoms with Crippen LogP contribution in [0.25, 0.3) is 0 Å².